The molecule has 1 atom stereocenters. The summed E-state index contributed by atoms with van der Waals surface area (Å²) in [7, 11) is 0. The highest BCUT2D eigenvalue weighted by Gasteiger charge is 2.23. The molecule has 0 aliphatic heterocycles. The molecule has 0 aromatic heterocycles. The lowest BCUT2D eigenvalue weighted by Crippen LogP contribution is -2.14. The molecule has 0 saturated heterocycles. The lowest BCUT2D eigenvalue weighted by molar-refractivity contribution is 0.0957. The fraction of sp³-hybridized carbons (Fsp3) is 0.500. The molecule has 0 saturated carbocycles. The van der Waals surface area contributed by atoms with Gasteiger partial charge in [0.05, 0.1) is 11.7 Å². The van der Waals surface area contributed by atoms with Gasteiger partial charge in [0.1, 0.15) is 11.6 Å². The van der Waals surface area contributed by atoms with Crippen LogP contribution in [-0.2, 0) is 0 Å². The highest BCUT2D eigenvalue weighted by Crippen LogP contribution is 2.30. The first-order chi connectivity index (χ1) is 7.11. The summed E-state index contributed by atoms with van der Waals surface area (Å²) in [5.41, 5.74) is -0.203. The molecule has 0 radical (unpaired) electrons. The zero-order valence-corrected chi connectivity index (χ0v) is 9.00. The zero-order valence-electron chi connectivity index (χ0n) is 9.00. The third kappa shape index (κ3) is 2.53. The van der Waals surface area contributed by atoms with Gasteiger partial charge in [-0.25, -0.2) is 8.78 Å². The van der Waals surface area contributed by atoms with Crippen molar-refractivity contribution in [2.45, 2.75) is 32.8 Å². The Labute approximate surface area is 88.7 Å². The Bertz CT molecular complexity index is 301. The smallest absolute Gasteiger partial charge is 0.131 e. The van der Waals surface area contributed by atoms with Crippen LogP contribution >= 0.6 is 0 Å². The topological polar surface area (TPSA) is 20.2 Å². The minimum Gasteiger partial charge on any atom is -0.388 e. The summed E-state index contributed by atoms with van der Waals surface area (Å²) in [6.07, 6.45) is 0.345. The third-order valence-corrected chi connectivity index (χ3v) is 2.79. The largest absolute Gasteiger partial charge is 0.388 e. The Morgan fingerprint density at radius 2 is 1.60 bits per heavy atom. The van der Waals surface area contributed by atoms with Crippen LogP contribution in [0.2, 0.25) is 0 Å². The predicted molar refractivity (Wildman–Crippen MR) is 55.4 cm³/mol. The molecule has 1 nitrogen and oxygen atoms in total. The van der Waals surface area contributed by atoms with E-state index in [2.05, 4.69) is 0 Å². The number of aliphatic hydroxyl groups is 1. The van der Waals surface area contributed by atoms with Gasteiger partial charge in [0.25, 0.3) is 0 Å². The summed E-state index contributed by atoms with van der Waals surface area (Å²) in [4.78, 5) is 0. The number of benzene rings is 1. The van der Waals surface area contributed by atoms with Crippen molar-refractivity contribution in [3.05, 3.63) is 35.4 Å². The highest BCUT2D eigenvalue weighted by molar-refractivity contribution is 5.22. The minimum atomic E-state index is -1.05. The predicted octanol–water partition coefficient (Wildman–Crippen LogP) is 3.43. The van der Waals surface area contributed by atoms with E-state index in [1.165, 1.54) is 18.2 Å². The average molecular weight is 214 g/mol. The van der Waals surface area contributed by atoms with Gasteiger partial charge in [0.2, 0.25) is 0 Å². The monoisotopic (exact) mass is 214 g/mol. The SMILES string of the molecule is CCC(CC)C(O)c1c(F)cccc1F. The van der Waals surface area contributed by atoms with Crippen LogP contribution in [0.25, 0.3) is 0 Å². The number of halogens is 2. The van der Waals surface area contributed by atoms with Crippen molar-refractivity contribution in [2.24, 2.45) is 5.92 Å². The first kappa shape index (κ1) is 12.1. The number of hydrogen-bond donors (Lipinski definition) is 1. The summed E-state index contributed by atoms with van der Waals surface area (Å²) in [6.45, 7) is 3.80. The molecule has 0 aliphatic carbocycles. The normalized spacial score (nSPS) is 13.2. The van der Waals surface area contributed by atoms with E-state index >= 15 is 0 Å². The molecule has 1 aromatic carbocycles. The van der Waals surface area contributed by atoms with Gasteiger partial charge in [-0.15, -0.1) is 0 Å². The molecule has 3 heteroatoms. The van der Waals surface area contributed by atoms with Gasteiger partial charge in [-0.05, 0) is 18.1 Å². The molecule has 15 heavy (non-hydrogen) atoms. The second-order valence-corrected chi connectivity index (χ2v) is 3.66. The van der Waals surface area contributed by atoms with Crippen LogP contribution < -0.4 is 0 Å². The molecule has 1 rings (SSSR count). The van der Waals surface area contributed by atoms with E-state index < -0.39 is 17.7 Å². The van der Waals surface area contributed by atoms with Gasteiger partial charge in [-0.2, -0.15) is 0 Å². The molecule has 1 unspecified atom stereocenters. The summed E-state index contributed by atoms with van der Waals surface area (Å²) in [6, 6.07) is 3.64. The Morgan fingerprint density at radius 3 is 2.00 bits per heavy atom. The van der Waals surface area contributed by atoms with Gasteiger partial charge in [-0.1, -0.05) is 32.8 Å². The zero-order chi connectivity index (χ0) is 11.4. The van der Waals surface area contributed by atoms with Gasteiger partial charge < -0.3 is 5.11 Å². The van der Waals surface area contributed by atoms with Gasteiger partial charge in [0, 0.05) is 0 Å². The maximum absolute atomic E-state index is 13.3. The van der Waals surface area contributed by atoms with Gasteiger partial charge >= 0.3 is 0 Å². The van der Waals surface area contributed by atoms with E-state index in [0.29, 0.717) is 12.8 Å². The van der Waals surface area contributed by atoms with Gasteiger partial charge in [-0.3, -0.25) is 0 Å². The standard InChI is InChI=1S/C12H16F2O/c1-3-8(4-2)12(15)11-9(13)6-5-7-10(11)14/h5-8,12,15H,3-4H2,1-2H3. The Morgan fingerprint density at radius 1 is 1.13 bits per heavy atom. The van der Waals surface area contributed by atoms with Crippen LogP contribution in [0.5, 0.6) is 0 Å². The maximum Gasteiger partial charge on any atom is 0.131 e. The minimum absolute atomic E-state index is 0.101. The van der Waals surface area contributed by atoms with E-state index in [4.69, 9.17) is 0 Å². The number of hydrogen-bond acceptors (Lipinski definition) is 1. The van der Waals surface area contributed by atoms with Crippen molar-refractivity contribution in [3.63, 3.8) is 0 Å². The molecule has 0 spiro atoms. The van der Waals surface area contributed by atoms with Crippen LogP contribution in [-0.4, -0.2) is 5.11 Å². The Kier molecular flexibility index (Phi) is 4.21. The van der Waals surface area contributed by atoms with Crippen molar-refractivity contribution in [1.29, 1.82) is 0 Å². The number of aliphatic hydroxyl groups excluding tert-OH is 1. The van der Waals surface area contributed by atoms with Crippen LogP contribution in [0, 0.1) is 17.6 Å². The average Bonchev–Trinajstić information content (AvgIpc) is 2.19. The molecule has 0 heterocycles. The van der Waals surface area contributed by atoms with Crippen molar-refractivity contribution in [1.82, 2.24) is 0 Å². The molecule has 1 N–H and O–H groups in total. The molecule has 0 aliphatic rings. The van der Waals surface area contributed by atoms with Crippen LogP contribution in [0.15, 0.2) is 18.2 Å². The van der Waals surface area contributed by atoms with E-state index in [1.54, 1.807) is 0 Å². The van der Waals surface area contributed by atoms with Crippen LogP contribution in [0.4, 0.5) is 8.78 Å². The highest BCUT2D eigenvalue weighted by atomic mass is 19.1. The first-order valence-corrected chi connectivity index (χ1v) is 5.23. The second kappa shape index (κ2) is 5.21. The second-order valence-electron chi connectivity index (χ2n) is 3.66. The third-order valence-electron chi connectivity index (χ3n) is 2.79. The van der Waals surface area contributed by atoms with E-state index in [0.717, 1.165) is 0 Å². The Balaban J connectivity index is 3.04. The Hall–Kier alpha value is -0.960. The van der Waals surface area contributed by atoms with Crippen LogP contribution in [0.3, 0.4) is 0 Å². The molecule has 1 aromatic rings. The summed E-state index contributed by atoms with van der Waals surface area (Å²) in [5, 5.41) is 9.86. The lowest BCUT2D eigenvalue weighted by atomic mass is 9.91. The quantitative estimate of drug-likeness (QED) is 0.814. The van der Waals surface area contributed by atoms with Crippen molar-refractivity contribution in [2.75, 3.05) is 0 Å². The summed E-state index contributed by atoms with van der Waals surface area (Å²) < 4.78 is 26.7. The van der Waals surface area contributed by atoms with E-state index in [1.807, 2.05) is 13.8 Å². The molecule has 0 fully saturated rings. The molecular weight excluding hydrogens is 198 g/mol. The summed E-state index contributed by atoms with van der Waals surface area (Å²) in [5.74, 6) is -1.44. The van der Waals surface area contributed by atoms with Crippen molar-refractivity contribution >= 4 is 0 Å². The molecular formula is C12H16F2O. The fourth-order valence-corrected chi connectivity index (χ4v) is 1.76. The molecule has 0 bridgehead atoms. The molecule has 84 valence electrons. The lowest BCUT2D eigenvalue weighted by Gasteiger charge is -2.21. The van der Waals surface area contributed by atoms with Crippen molar-refractivity contribution < 1.29 is 13.9 Å². The molecule has 0 amide bonds. The van der Waals surface area contributed by atoms with Crippen LogP contribution in [0.1, 0.15) is 38.4 Å². The number of rotatable bonds is 4. The van der Waals surface area contributed by atoms with Gasteiger partial charge in [0.15, 0.2) is 0 Å². The fourth-order valence-electron chi connectivity index (χ4n) is 1.76. The maximum atomic E-state index is 13.3. The van der Waals surface area contributed by atoms with E-state index in [9.17, 15) is 13.9 Å². The van der Waals surface area contributed by atoms with E-state index in [-0.39, 0.29) is 11.5 Å². The first-order valence-electron chi connectivity index (χ1n) is 5.23. The summed E-state index contributed by atoms with van der Waals surface area (Å²) >= 11 is 0. The van der Waals surface area contributed by atoms with Crippen molar-refractivity contribution in [3.8, 4) is 0 Å².